The third-order valence-corrected chi connectivity index (χ3v) is 7.72. The van der Waals surface area contributed by atoms with Crippen molar-refractivity contribution in [3.8, 4) is 17.2 Å². The number of carbonyl (C=O) groups excluding carboxylic acids is 2. The Morgan fingerprint density at radius 1 is 0.880 bits per heavy atom. The molecular weight excluding hydrogens is 624 g/mol. The highest BCUT2D eigenvalue weighted by Gasteiger charge is 2.23. The number of benzene rings is 2. The molecule has 0 radical (unpaired) electrons. The lowest BCUT2D eigenvalue weighted by Crippen LogP contribution is -2.32. The van der Waals surface area contributed by atoms with Crippen molar-refractivity contribution in [2.75, 3.05) is 47.6 Å². The van der Waals surface area contributed by atoms with Crippen molar-refractivity contribution in [3.05, 3.63) is 53.1 Å². The summed E-state index contributed by atoms with van der Waals surface area (Å²) >= 11 is 0. The molecule has 1 heterocycles. The first-order valence-corrected chi connectivity index (χ1v) is 19.4. The Morgan fingerprint density at radius 3 is 1.98 bits per heavy atom. The van der Waals surface area contributed by atoms with Gasteiger partial charge in [-0.05, 0) is 81.8 Å². The van der Waals surface area contributed by atoms with E-state index in [-0.39, 0.29) is 6.79 Å². The zero-order valence-electron chi connectivity index (χ0n) is 34.9. The summed E-state index contributed by atoms with van der Waals surface area (Å²) in [6, 6.07) is 12.9. The highest BCUT2D eigenvalue weighted by molar-refractivity contribution is 5.55. The fraction of sp³-hybridized carbons (Fsp3) is 0.674. The topological polar surface area (TPSA) is 68.3 Å². The molecule has 0 bridgehead atoms. The van der Waals surface area contributed by atoms with Gasteiger partial charge < -0.3 is 28.8 Å². The Hall–Kier alpha value is -3.06. The Morgan fingerprint density at radius 2 is 1.52 bits per heavy atom. The molecule has 0 aromatic heterocycles. The molecule has 2 aromatic rings. The van der Waals surface area contributed by atoms with Gasteiger partial charge in [-0.25, -0.2) is 0 Å². The van der Waals surface area contributed by atoms with E-state index in [1.165, 1.54) is 48.8 Å². The molecule has 1 aliphatic rings. The predicted molar refractivity (Wildman–Crippen MR) is 216 cm³/mol. The van der Waals surface area contributed by atoms with Crippen LogP contribution in [0.1, 0.15) is 143 Å². The maximum Gasteiger partial charge on any atom is 0.231 e. The minimum atomic E-state index is 0.247. The number of unbranched alkanes of at least 4 members (excludes halogenated alkanes) is 2. The minimum absolute atomic E-state index is 0.247. The number of amides is 1. The van der Waals surface area contributed by atoms with Crippen LogP contribution >= 0.6 is 0 Å². The maximum atomic E-state index is 11.3. The van der Waals surface area contributed by atoms with Crippen LogP contribution in [-0.4, -0.2) is 70.1 Å². The number of likely N-dealkylation sites (N-methyl/N-ethyl adjacent to an activating group) is 1. The van der Waals surface area contributed by atoms with E-state index in [9.17, 15) is 9.59 Å². The summed E-state index contributed by atoms with van der Waals surface area (Å²) in [5.41, 5.74) is 4.05. The SMILES string of the molecule is CC.CC.CCC(CC(C)CCN(C=O)CCN(C)C)c1cc(OC)c2c(c1)OCO2.CCC=O.CCCCC.CCCc1cccc(C)c1. The van der Waals surface area contributed by atoms with Crippen molar-refractivity contribution in [1.29, 1.82) is 0 Å². The average molecular weight is 703 g/mol. The summed E-state index contributed by atoms with van der Waals surface area (Å²) in [5, 5.41) is 0. The third-order valence-electron chi connectivity index (χ3n) is 7.72. The zero-order chi connectivity index (χ0) is 38.7. The molecule has 0 aliphatic carbocycles. The van der Waals surface area contributed by atoms with Crippen molar-refractivity contribution >= 4 is 12.7 Å². The van der Waals surface area contributed by atoms with Crippen molar-refractivity contribution < 1.29 is 23.8 Å². The fourth-order valence-corrected chi connectivity index (χ4v) is 4.97. The molecule has 0 spiro atoms. The van der Waals surface area contributed by atoms with E-state index in [0.29, 0.717) is 24.0 Å². The first-order chi connectivity index (χ1) is 24.1. The lowest BCUT2D eigenvalue weighted by atomic mass is 9.86. The number of nitrogens with zero attached hydrogens (tertiary/aromatic N) is 2. The van der Waals surface area contributed by atoms with Crippen molar-refractivity contribution in [2.24, 2.45) is 5.92 Å². The molecule has 1 amide bonds. The van der Waals surface area contributed by atoms with Gasteiger partial charge in [0.25, 0.3) is 0 Å². The normalized spacial score (nSPS) is 11.6. The summed E-state index contributed by atoms with van der Waals surface area (Å²) in [6.07, 6.45) is 12.1. The Labute approximate surface area is 309 Å². The molecule has 2 atom stereocenters. The summed E-state index contributed by atoms with van der Waals surface area (Å²) in [7, 11) is 5.71. The standard InChI is InChI=1S/C21H34N2O4.C10H14.C5H12.C3H6O.2C2H6/c1-6-17(11-16(2)7-8-23(14-24)10-9-22(3)4)18-12-19(25-5)21-20(13-18)26-15-27-21;1-3-5-10-7-4-6-9(2)8-10;1-3-5-4-2;1-2-3-4;2*1-2/h12-14,16-17H,6-11,15H2,1-5H3;4,6-8H,3,5H2,1-2H3;3-5H2,1-2H3;3H,2H2,1H3;2*1-2H3. The number of carbonyl (C=O) groups is 2. The van der Waals surface area contributed by atoms with Crippen molar-refractivity contribution in [2.45, 2.75) is 140 Å². The van der Waals surface area contributed by atoms with E-state index >= 15 is 0 Å². The van der Waals surface area contributed by atoms with Crippen LogP contribution in [0.4, 0.5) is 0 Å². The molecule has 7 nitrogen and oxygen atoms in total. The molecule has 50 heavy (non-hydrogen) atoms. The lowest BCUT2D eigenvalue weighted by Gasteiger charge is -2.24. The highest BCUT2D eigenvalue weighted by Crippen LogP contribution is 2.44. The molecule has 0 saturated heterocycles. The van der Waals surface area contributed by atoms with Crippen LogP contribution in [0.25, 0.3) is 0 Å². The van der Waals surface area contributed by atoms with Crippen LogP contribution in [0.5, 0.6) is 17.2 Å². The minimum Gasteiger partial charge on any atom is -0.493 e. The number of methoxy groups -OCH3 is 1. The van der Waals surface area contributed by atoms with E-state index < -0.39 is 0 Å². The summed E-state index contributed by atoms with van der Waals surface area (Å²) in [6.45, 7) is 25.8. The van der Waals surface area contributed by atoms with Crippen LogP contribution in [0.2, 0.25) is 0 Å². The largest absolute Gasteiger partial charge is 0.493 e. The molecule has 1 aliphatic heterocycles. The molecule has 0 saturated carbocycles. The number of rotatable bonds is 17. The second-order valence-corrected chi connectivity index (χ2v) is 12.3. The molecule has 2 aromatic carbocycles. The molecule has 2 unspecified atom stereocenters. The first kappa shape index (κ1) is 51.3. The van der Waals surface area contributed by atoms with Gasteiger partial charge in [0.05, 0.1) is 7.11 Å². The summed E-state index contributed by atoms with van der Waals surface area (Å²) < 4.78 is 16.5. The van der Waals surface area contributed by atoms with E-state index in [4.69, 9.17) is 14.2 Å². The van der Waals surface area contributed by atoms with Crippen LogP contribution in [-0.2, 0) is 16.0 Å². The van der Waals surface area contributed by atoms with Gasteiger partial charge in [0.15, 0.2) is 11.5 Å². The number of aldehydes is 1. The summed E-state index contributed by atoms with van der Waals surface area (Å²) in [4.78, 5) is 24.4. The number of hydrogen-bond acceptors (Lipinski definition) is 6. The van der Waals surface area contributed by atoms with Crippen LogP contribution in [0.15, 0.2) is 36.4 Å². The van der Waals surface area contributed by atoms with Crippen LogP contribution in [0.3, 0.4) is 0 Å². The third kappa shape index (κ3) is 25.0. The van der Waals surface area contributed by atoms with Gasteiger partial charge in [-0.15, -0.1) is 0 Å². The number of fused-ring (bicyclic) bond motifs is 1. The van der Waals surface area contributed by atoms with E-state index in [1.807, 2.05) is 53.6 Å². The van der Waals surface area contributed by atoms with Gasteiger partial charge in [0.1, 0.15) is 6.29 Å². The quantitative estimate of drug-likeness (QED) is 0.153. The van der Waals surface area contributed by atoms with Crippen LogP contribution in [0, 0.1) is 12.8 Å². The monoisotopic (exact) mass is 703 g/mol. The predicted octanol–water partition coefficient (Wildman–Crippen LogP) is 11.1. The number of aryl methyl sites for hydroxylation is 2. The maximum absolute atomic E-state index is 11.3. The fourth-order valence-electron chi connectivity index (χ4n) is 4.97. The second kappa shape index (κ2) is 35.8. The number of ether oxygens (including phenoxy) is 3. The Kier molecular flexibility index (Phi) is 36.7. The molecule has 0 N–H and O–H groups in total. The van der Waals surface area contributed by atoms with Gasteiger partial charge in [-0.1, -0.05) is 125 Å². The van der Waals surface area contributed by atoms with Gasteiger partial charge >= 0.3 is 0 Å². The molecule has 290 valence electrons. The average Bonchev–Trinajstić information content (AvgIpc) is 3.62. The Balaban J connectivity index is -0.000000782. The molecule has 3 rings (SSSR count). The van der Waals surface area contributed by atoms with Gasteiger partial charge in [0.2, 0.25) is 19.0 Å². The molecular formula is C43H78N2O5. The van der Waals surface area contributed by atoms with Gasteiger partial charge in [-0.2, -0.15) is 0 Å². The van der Waals surface area contributed by atoms with Gasteiger partial charge in [-0.3, -0.25) is 4.79 Å². The van der Waals surface area contributed by atoms with Crippen LogP contribution < -0.4 is 14.2 Å². The van der Waals surface area contributed by atoms with Crippen molar-refractivity contribution in [1.82, 2.24) is 9.80 Å². The highest BCUT2D eigenvalue weighted by atomic mass is 16.7. The van der Waals surface area contributed by atoms with Crippen molar-refractivity contribution in [3.63, 3.8) is 0 Å². The van der Waals surface area contributed by atoms with E-state index in [0.717, 1.165) is 63.1 Å². The molecule has 7 heteroatoms. The Bertz CT molecular complexity index is 1060. The van der Waals surface area contributed by atoms with Gasteiger partial charge in [0, 0.05) is 26.1 Å². The smallest absolute Gasteiger partial charge is 0.231 e. The van der Waals surface area contributed by atoms with E-state index in [1.54, 1.807) is 7.11 Å². The lowest BCUT2D eigenvalue weighted by molar-refractivity contribution is -0.118. The molecule has 0 fully saturated rings. The zero-order valence-corrected chi connectivity index (χ0v) is 34.9. The van der Waals surface area contributed by atoms with E-state index in [2.05, 4.69) is 82.8 Å². The summed E-state index contributed by atoms with van der Waals surface area (Å²) in [5.74, 6) is 3.16. The number of hydrogen-bond donors (Lipinski definition) is 0. The first-order valence-electron chi connectivity index (χ1n) is 19.4. The second-order valence-electron chi connectivity index (χ2n) is 12.3.